The van der Waals surface area contributed by atoms with Gasteiger partial charge in [-0.25, -0.2) is 14.4 Å². The third-order valence-corrected chi connectivity index (χ3v) is 7.22. The predicted octanol–water partition coefficient (Wildman–Crippen LogP) is 7.23. The highest BCUT2D eigenvalue weighted by Crippen LogP contribution is 2.38. The third kappa shape index (κ3) is 7.24. The van der Waals surface area contributed by atoms with Crippen molar-refractivity contribution in [3.8, 4) is 17.2 Å². The van der Waals surface area contributed by atoms with Gasteiger partial charge in [0.1, 0.15) is 47.9 Å². The van der Waals surface area contributed by atoms with Crippen LogP contribution in [-0.2, 0) is 6.61 Å². The molecule has 3 aromatic carbocycles. The zero-order valence-electron chi connectivity index (χ0n) is 22.2. The van der Waals surface area contributed by atoms with E-state index in [2.05, 4.69) is 27.2 Å². The highest BCUT2D eigenvalue weighted by molar-refractivity contribution is 6.32. The summed E-state index contributed by atoms with van der Waals surface area (Å²) in [4.78, 5) is 11.3. The average Bonchev–Trinajstić information content (AvgIpc) is 2.94. The van der Waals surface area contributed by atoms with Gasteiger partial charge in [0.25, 0.3) is 0 Å². The van der Waals surface area contributed by atoms with E-state index in [9.17, 15) is 4.39 Å². The van der Waals surface area contributed by atoms with Crippen molar-refractivity contribution in [1.82, 2.24) is 14.9 Å². The Morgan fingerprint density at radius 1 is 1.02 bits per heavy atom. The van der Waals surface area contributed by atoms with Crippen LogP contribution < -0.4 is 19.5 Å². The van der Waals surface area contributed by atoms with Crippen molar-refractivity contribution < 1.29 is 18.6 Å². The van der Waals surface area contributed by atoms with Crippen LogP contribution in [0.25, 0.3) is 10.9 Å². The largest absolute Gasteiger partial charge is 0.493 e. The van der Waals surface area contributed by atoms with E-state index in [4.69, 9.17) is 37.4 Å². The van der Waals surface area contributed by atoms with Crippen LogP contribution in [0, 0.1) is 5.82 Å². The Morgan fingerprint density at radius 3 is 2.65 bits per heavy atom. The van der Waals surface area contributed by atoms with Crippen LogP contribution in [0.4, 0.5) is 15.9 Å². The minimum Gasteiger partial charge on any atom is -0.493 e. The fraction of sp³-hybridized carbons (Fsp3) is 0.333. The maximum absolute atomic E-state index is 13.5. The van der Waals surface area contributed by atoms with Crippen molar-refractivity contribution >= 4 is 45.6 Å². The number of fused-ring (bicyclic) bond motifs is 1. The maximum Gasteiger partial charge on any atom is 0.145 e. The molecule has 0 saturated carbocycles. The van der Waals surface area contributed by atoms with Crippen molar-refractivity contribution in [2.75, 3.05) is 37.9 Å². The van der Waals surface area contributed by atoms with Gasteiger partial charge in [-0.2, -0.15) is 0 Å². The summed E-state index contributed by atoms with van der Waals surface area (Å²) < 4.78 is 31.8. The van der Waals surface area contributed by atoms with Gasteiger partial charge < -0.3 is 24.4 Å². The first-order valence-electron chi connectivity index (χ1n) is 13.2. The molecule has 210 valence electrons. The molecule has 0 bridgehead atoms. The van der Waals surface area contributed by atoms with Gasteiger partial charge in [-0.3, -0.25) is 0 Å². The van der Waals surface area contributed by atoms with Crippen LogP contribution in [0.2, 0.25) is 5.02 Å². The Kier molecular flexibility index (Phi) is 9.41. The van der Waals surface area contributed by atoms with Crippen molar-refractivity contribution in [3.05, 3.63) is 77.3 Å². The monoisotopic (exact) mass is 584 g/mol. The van der Waals surface area contributed by atoms with Gasteiger partial charge in [-0.15, -0.1) is 11.6 Å². The minimum atomic E-state index is -0.308. The molecule has 0 atom stereocenters. The maximum atomic E-state index is 13.5. The van der Waals surface area contributed by atoms with Crippen molar-refractivity contribution in [2.24, 2.45) is 0 Å². The smallest absolute Gasteiger partial charge is 0.145 e. The van der Waals surface area contributed by atoms with Crippen LogP contribution in [0.3, 0.4) is 0 Å². The molecule has 4 aromatic rings. The summed E-state index contributed by atoms with van der Waals surface area (Å²) in [5.74, 6) is 2.64. The van der Waals surface area contributed by atoms with Crippen LogP contribution in [0.5, 0.6) is 17.2 Å². The number of anilines is 2. The molecule has 1 saturated heterocycles. The first kappa shape index (κ1) is 28.2. The standard InChI is InChI=1S/C30H31Cl2FN4O3/c1-37-11-8-23(9-12-37)40-28-17-24(38-13-3-10-31)16-26-29(28)30(35-19-34-26)36-22-6-7-27(25(32)15-22)39-18-20-4-2-5-21(33)14-20/h2,4-7,14-17,19,23H,3,8-13,18H2,1H3,(H,34,35,36). The van der Waals surface area contributed by atoms with Crippen LogP contribution in [0.15, 0.2) is 60.9 Å². The summed E-state index contributed by atoms with van der Waals surface area (Å²) >= 11 is 12.4. The number of likely N-dealkylation sites (tertiary alicyclic amines) is 1. The molecular weight excluding hydrogens is 554 g/mol. The number of hydrogen-bond acceptors (Lipinski definition) is 7. The van der Waals surface area contributed by atoms with Crippen molar-refractivity contribution in [2.45, 2.75) is 32.0 Å². The fourth-order valence-electron chi connectivity index (χ4n) is 4.55. The molecule has 1 N–H and O–H groups in total. The normalized spacial score (nSPS) is 14.3. The number of aromatic nitrogens is 2. The molecule has 1 aromatic heterocycles. The van der Waals surface area contributed by atoms with Gasteiger partial charge in [0.15, 0.2) is 0 Å². The Morgan fingerprint density at radius 2 is 1.88 bits per heavy atom. The van der Waals surface area contributed by atoms with Gasteiger partial charge in [-0.05, 0) is 62.2 Å². The van der Waals surface area contributed by atoms with Crippen LogP contribution >= 0.6 is 23.2 Å². The summed E-state index contributed by atoms with van der Waals surface area (Å²) in [7, 11) is 2.12. The van der Waals surface area contributed by atoms with E-state index in [1.807, 2.05) is 18.2 Å². The van der Waals surface area contributed by atoms with Gasteiger partial charge >= 0.3 is 0 Å². The number of hydrogen-bond donors (Lipinski definition) is 1. The molecule has 0 spiro atoms. The van der Waals surface area contributed by atoms with Crippen LogP contribution in [0.1, 0.15) is 24.8 Å². The molecule has 40 heavy (non-hydrogen) atoms. The van der Waals surface area contributed by atoms with E-state index >= 15 is 0 Å². The van der Waals surface area contributed by atoms with Gasteiger partial charge in [0.05, 0.1) is 22.5 Å². The van der Waals surface area contributed by atoms with E-state index in [1.165, 1.54) is 18.5 Å². The lowest BCUT2D eigenvalue weighted by molar-refractivity contribution is 0.115. The first-order valence-corrected chi connectivity index (χ1v) is 14.2. The van der Waals surface area contributed by atoms with E-state index in [0.29, 0.717) is 51.7 Å². The number of alkyl halides is 1. The predicted molar refractivity (Wildman–Crippen MR) is 157 cm³/mol. The molecule has 10 heteroatoms. The zero-order chi connectivity index (χ0) is 27.9. The summed E-state index contributed by atoms with van der Waals surface area (Å²) in [5.41, 5.74) is 2.13. The summed E-state index contributed by atoms with van der Waals surface area (Å²) in [6.07, 6.45) is 4.18. The van der Waals surface area contributed by atoms with Crippen LogP contribution in [-0.4, -0.2) is 53.6 Å². The number of nitrogens with zero attached hydrogens (tertiary/aromatic N) is 3. The van der Waals surface area contributed by atoms with E-state index in [1.54, 1.807) is 24.3 Å². The Labute approximate surface area is 243 Å². The summed E-state index contributed by atoms with van der Waals surface area (Å²) in [5, 5.41) is 4.54. The second-order valence-corrected chi connectivity index (χ2v) is 10.5. The Balaban J connectivity index is 1.39. The summed E-state index contributed by atoms with van der Waals surface area (Å²) in [6, 6.07) is 15.4. The second-order valence-electron chi connectivity index (χ2n) is 9.74. The Hall–Kier alpha value is -3.33. The van der Waals surface area contributed by atoms with E-state index in [-0.39, 0.29) is 18.5 Å². The quantitative estimate of drug-likeness (QED) is 0.147. The molecule has 1 fully saturated rings. The lowest BCUT2D eigenvalue weighted by Gasteiger charge is -2.30. The molecule has 0 radical (unpaired) electrons. The van der Waals surface area contributed by atoms with Gasteiger partial charge in [-0.1, -0.05) is 23.7 Å². The highest BCUT2D eigenvalue weighted by atomic mass is 35.5. The summed E-state index contributed by atoms with van der Waals surface area (Å²) in [6.45, 7) is 2.66. The number of halogens is 3. The molecule has 7 nitrogen and oxygen atoms in total. The molecule has 0 amide bonds. The highest BCUT2D eigenvalue weighted by Gasteiger charge is 2.21. The fourth-order valence-corrected chi connectivity index (χ4v) is 4.89. The molecule has 0 unspecified atom stereocenters. The molecular formula is C30H31Cl2FN4O3. The Bertz CT molecular complexity index is 1450. The number of rotatable bonds is 11. The molecule has 5 rings (SSSR count). The lowest BCUT2D eigenvalue weighted by Crippen LogP contribution is -2.35. The zero-order valence-corrected chi connectivity index (χ0v) is 23.7. The number of piperidine rings is 1. The van der Waals surface area contributed by atoms with Crippen molar-refractivity contribution in [1.29, 1.82) is 0 Å². The molecule has 1 aliphatic rings. The molecule has 1 aliphatic heterocycles. The third-order valence-electron chi connectivity index (χ3n) is 6.66. The number of nitrogens with one attached hydrogen (secondary N) is 1. The average molecular weight is 586 g/mol. The van der Waals surface area contributed by atoms with Gasteiger partial charge in [0.2, 0.25) is 0 Å². The van der Waals surface area contributed by atoms with E-state index < -0.39 is 0 Å². The second kappa shape index (κ2) is 13.4. The topological polar surface area (TPSA) is 68.7 Å². The molecule has 0 aliphatic carbocycles. The van der Waals surface area contributed by atoms with Gasteiger partial charge in [0, 0.05) is 36.8 Å². The number of ether oxygens (including phenoxy) is 3. The lowest BCUT2D eigenvalue weighted by atomic mass is 10.1. The molecule has 2 heterocycles. The minimum absolute atomic E-state index is 0.0783. The van der Waals surface area contributed by atoms with E-state index in [0.717, 1.165) is 43.4 Å². The van der Waals surface area contributed by atoms with Crippen molar-refractivity contribution in [3.63, 3.8) is 0 Å². The first-order chi connectivity index (χ1) is 19.5. The number of benzene rings is 3. The SMILES string of the molecule is CN1CCC(Oc2cc(OCCCCl)cc3ncnc(Nc4ccc(OCc5cccc(F)c5)c(Cl)c4)c23)CC1.